The zero-order valence-electron chi connectivity index (χ0n) is 11.4. The number of methoxy groups -OCH3 is 1. The number of hydrogen-bond acceptors (Lipinski definition) is 3. The fourth-order valence-electron chi connectivity index (χ4n) is 2.15. The van der Waals surface area contributed by atoms with Crippen LogP contribution >= 0.6 is 0 Å². The van der Waals surface area contributed by atoms with Gasteiger partial charge in [0.15, 0.2) is 0 Å². The molecule has 0 aromatic rings. The van der Waals surface area contributed by atoms with Crippen molar-refractivity contribution in [2.24, 2.45) is 22.7 Å². The first-order valence-electron chi connectivity index (χ1n) is 6.36. The number of rotatable bonds is 3. The van der Waals surface area contributed by atoms with Gasteiger partial charge in [-0.1, -0.05) is 13.8 Å². The van der Waals surface area contributed by atoms with Crippen LogP contribution in [0.4, 0.5) is 0 Å². The Morgan fingerprint density at radius 2 is 2.24 bits per heavy atom. The van der Waals surface area contributed by atoms with E-state index in [1.807, 2.05) is 6.92 Å². The lowest BCUT2D eigenvalue weighted by molar-refractivity contribution is 0.181. The van der Waals surface area contributed by atoms with E-state index >= 15 is 0 Å². The average molecular weight is 242 g/mol. The monoisotopic (exact) mass is 242 g/mol. The Balaban J connectivity index is 2.61. The van der Waals surface area contributed by atoms with Gasteiger partial charge in [-0.25, -0.2) is 10.8 Å². The second-order valence-corrected chi connectivity index (χ2v) is 5.09. The predicted octanol–water partition coefficient (Wildman–Crippen LogP) is 0.819. The molecular weight excluding hydrogens is 216 g/mol. The van der Waals surface area contributed by atoms with E-state index in [4.69, 9.17) is 10.6 Å². The van der Waals surface area contributed by atoms with Gasteiger partial charge in [0, 0.05) is 20.2 Å². The molecule has 100 valence electrons. The third kappa shape index (κ3) is 4.16. The Morgan fingerprint density at radius 3 is 2.76 bits per heavy atom. The molecule has 0 saturated carbocycles. The van der Waals surface area contributed by atoms with Crippen molar-refractivity contribution in [2.75, 3.05) is 26.8 Å². The normalized spacial score (nSPS) is 28.1. The van der Waals surface area contributed by atoms with Crippen LogP contribution in [0.3, 0.4) is 0 Å². The van der Waals surface area contributed by atoms with E-state index in [1.54, 1.807) is 7.11 Å². The number of likely N-dealkylation sites (tertiary alicyclic amines) is 1. The van der Waals surface area contributed by atoms with Crippen molar-refractivity contribution in [1.82, 2.24) is 10.3 Å². The molecular formula is C12H26N4O. The summed E-state index contributed by atoms with van der Waals surface area (Å²) >= 11 is 0. The van der Waals surface area contributed by atoms with Crippen LogP contribution in [-0.4, -0.2) is 43.7 Å². The first kappa shape index (κ1) is 14.3. The number of nitrogens with zero attached hydrogens (tertiary/aromatic N) is 2. The molecule has 0 aromatic heterocycles. The van der Waals surface area contributed by atoms with E-state index in [-0.39, 0.29) is 6.04 Å². The standard InChI is InChI=1S/C12H26N4O/c1-9-5-6-16(7-10(9)2)12(15-13)14-11(3)8-17-4/h9-11H,5-8,13H2,1-4H3,(H,14,15). The second-order valence-electron chi connectivity index (χ2n) is 5.09. The highest BCUT2D eigenvalue weighted by Crippen LogP contribution is 2.22. The largest absolute Gasteiger partial charge is 0.382 e. The van der Waals surface area contributed by atoms with Crippen molar-refractivity contribution in [1.29, 1.82) is 0 Å². The maximum Gasteiger partial charge on any atom is 0.208 e. The van der Waals surface area contributed by atoms with Gasteiger partial charge in [0.05, 0.1) is 12.6 Å². The number of hydrogen-bond donors (Lipinski definition) is 2. The lowest BCUT2D eigenvalue weighted by atomic mass is 9.89. The molecule has 3 unspecified atom stereocenters. The van der Waals surface area contributed by atoms with E-state index < -0.39 is 0 Å². The molecule has 3 N–H and O–H groups in total. The molecule has 0 bridgehead atoms. The number of aliphatic imine (C=N–C) groups is 1. The minimum Gasteiger partial charge on any atom is -0.382 e. The third-order valence-corrected chi connectivity index (χ3v) is 3.51. The summed E-state index contributed by atoms with van der Waals surface area (Å²) in [6.07, 6.45) is 1.19. The molecule has 1 rings (SSSR count). The predicted molar refractivity (Wildman–Crippen MR) is 70.6 cm³/mol. The molecule has 1 saturated heterocycles. The van der Waals surface area contributed by atoms with Crippen molar-refractivity contribution in [3.63, 3.8) is 0 Å². The molecule has 3 atom stereocenters. The number of nitrogens with two attached hydrogens (primary N) is 1. The van der Waals surface area contributed by atoms with Crippen LogP contribution < -0.4 is 11.3 Å². The number of ether oxygens (including phenoxy) is 1. The van der Waals surface area contributed by atoms with Gasteiger partial charge in [-0.3, -0.25) is 5.43 Å². The lowest BCUT2D eigenvalue weighted by Crippen LogP contribution is -2.50. The van der Waals surface area contributed by atoms with Gasteiger partial charge >= 0.3 is 0 Å². The minimum atomic E-state index is 0.126. The Hall–Kier alpha value is -0.810. The Labute approximate surface area is 104 Å². The minimum absolute atomic E-state index is 0.126. The van der Waals surface area contributed by atoms with E-state index in [9.17, 15) is 0 Å². The molecule has 0 aromatic carbocycles. The van der Waals surface area contributed by atoms with Crippen LogP contribution in [0, 0.1) is 11.8 Å². The van der Waals surface area contributed by atoms with Gasteiger partial charge in [-0.15, -0.1) is 0 Å². The van der Waals surface area contributed by atoms with Crippen LogP contribution in [-0.2, 0) is 4.74 Å². The number of piperidine rings is 1. The summed E-state index contributed by atoms with van der Waals surface area (Å²) in [4.78, 5) is 6.78. The van der Waals surface area contributed by atoms with Crippen molar-refractivity contribution in [3.05, 3.63) is 0 Å². The lowest BCUT2D eigenvalue weighted by Gasteiger charge is -2.37. The second kappa shape index (κ2) is 6.81. The highest BCUT2D eigenvalue weighted by molar-refractivity contribution is 5.79. The number of hydrazine groups is 1. The molecule has 17 heavy (non-hydrogen) atoms. The molecule has 0 amide bonds. The number of guanidine groups is 1. The zero-order valence-corrected chi connectivity index (χ0v) is 11.4. The Morgan fingerprint density at radius 1 is 1.53 bits per heavy atom. The van der Waals surface area contributed by atoms with Crippen molar-refractivity contribution >= 4 is 5.96 Å². The topological polar surface area (TPSA) is 62.9 Å². The first-order chi connectivity index (χ1) is 8.08. The highest BCUT2D eigenvalue weighted by Gasteiger charge is 2.24. The molecule has 0 aliphatic carbocycles. The quantitative estimate of drug-likeness (QED) is 0.333. The highest BCUT2D eigenvalue weighted by atomic mass is 16.5. The van der Waals surface area contributed by atoms with Crippen molar-refractivity contribution in [3.8, 4) is 0 Å². The van der Waals surface area contributed by atoms with Gasteiger partial charge < -0.3 is 9.64 Å². The SMILES string of the molecule is COCC(C)N=C(NN)N1CCC(C)C(C)C1. The van der Waals surface area contributed by atoms with Crippen LogP contribution in [0.25, 0.3) is 0 Å². The molecule has 0 radical (unpaired) electrons. The summed E-state index contributed by atoms with van der Waals surface area (Å²) < 4.78 is 5.08. The zero-order chi connectivity index (χ0) is 12.8. The average Bonchev–Trinajstić information content (AvgIpc) is 2.30. The molecule has 1 aliphatic heterocycles. The smallest absolute Gasteiger partial charge is 0.208 e. The molecule has 1 heterocycles. The Bertz CT molecular complexity index is 257. The summed E-state index contributed by atoms with van der Waals surface area (Å²) in [5.74, 6) is 7.81. The van der Waals surface area contributed by atoms with E-state index in [0.29, 0.717) is 12.5 Å². The van der Waals surface area contributed by atoms with Gasteiger partial charge in [0.2, 0.25) is 5.96 Å². The summed E-state index contributed by atoms with van der Waals surface area (Å²) in [7, 11) is 1.69. The van der Waals surface area contributed by atoms with Gasteiger partial charge in [-0.2, -0.15) is 0 Å². The van der Waals surface area contributed by atoms with Gasteiger partial charge in [-0.05, 0) is 25.2 Å². The number of nitrogens with one attached hydrogen (secondary N) is 1. The summed E-state index contributed by atoms with van der Waals surface area (Å²) in [5.41, 5.74) is 2.72. The fourth-order valence-corrected chi connectivity index (χ4v) is 2.15. The summed E-state index contributed by atoms with van der Waals surface area (Å²) in [5, 5.41) is 0. The summed E-state index contributed by atoms with van der Waals surface area (Å²) in [6, 6.07) is 0.126. The molecule has 0 spiro atoms. The Kier molecular flexibility index (Phi) is 5.71. The van der Waals surface area contributed by atoms with E-state index in [0.717, 1.165) is 25.0 Å². The van der Waals surface area contributed by atoms with Crippen LogP contribution in [0.15, 0.2) is 4.99 Å². The molecule has 1 fully saturated rings. The third-order valence-electron chi connectivity index (χ3n) is 3.51. The van der Waals surface area contributed by atoms with E-state index in [2.05, 4.69) is 29.2 Å². The van der Waals surface area contributed by atoms with Crippen molar-refractivity contribution in [2.45, 2.75) is 33.2 Å². The van der Waals surface area contributed by atoms with E-state index in [1.165, 1.54) is 6.42 Å². The molecule has 5 heteroatoms. The maximum atomic E-state index is 5.56. The molecule has 1 aliphatic rings. The maximum absolute atomic E-state index is 5.56. The van der Waals surface area contributed by atoms with Crippen LogP contribution in [0.2, 0.25) is 0 Å². The first-order valence-corrected chi connectivity index (χ1v) is 6.36. The fraction of sp³-hybridized carbons (Fsp3) is 0.917. The van der Waals surface area contributed by atoms with Gasteiger partial charge in [0.25, 0.3) is 0 Å². The summed E-state index contributed by atoms with van der Waals surface area (Å²) in [6.45, 7) is 9.27. The molecule has 5 nitrogen and oxygen atoms in total. The van der Waals surface area contributed by atoms with Crippen LogP contribution in [0.5, 0.6) is 0 Å². The van der Waals surface area contributed by atoms with Crippen LogP contribution in [0.1, 0.15) is 27.2 Å². The van der Waals surface area contributed by atoms with Gasteiger partial charge in [0.1, 0.15) is 0 Å². The van der Waals surface area contributed by atoms with Crippen molar-refractivity contribution < 1.29 is 4.74 Å².